The molecule has 19 heavy (non-hydrogen) atoms. The van der Waals surface area contributed by atoms with Crippen molar-refractivity contribution < 1.29 is 4.79 Å². The first kappa shape index (κ1) is 14.8. The standard InChI is InChI=1S/C16H30N2O/c1-3-16(4-2)9-11-18(13-16)15(19)8-7-14-6-5-10-17-12-14/h14,17H,3-13H2,1-2H3. The van der Waals surface area contributed by atoms with Gasteiger partial charge in [-0.2, -0.15) is 0 Å². The molecule has 0 aromatic heterocycles. The molecule has 0 radical (unpaired) electrons. The highest BCUT2D eigenvalue weighted by Gasteiger charge is 2.36. The van der Waals surface area contributed by atoms with Gasteiger partial charge < -0.3 is 10.2 Å². The lowest BCUT2D eigenvalue weighted by atomic mass is 9.82. The Bertz CT molecular complexity index is 293. The van der Waals surface area contributed by atoms with E-state index in [4.69, 9.17) is 0 Å². The predicted molar refractivity (Wildman–Crippen MR) is 79.0 cm³/mol. The van der Waals surface area contributed by atoms with Crippen molar-refractivity contribution in [3.63, 3.8) is 0 Å². The lowest BCUT2D eigenvalue weighted by Gasteiger charge is -2.27. The number of likely N-dealkylation sites (tertiary alicyclic amines) is 1. The fraction of sp³-hybridized carbons (Fsp3) is 0.938. The topological polar surface area (TPSA) is 32.3 Å². The van der Waals surface area contributed by atoms with Gasteiger partial charge in [0.05, 0.1) is 0 Å². The Labute approximate surface area is 118 Å². The van der Waals surface area contributed by atoms with Crippen LogP contribution >= 0.6 is 0 Å². The van der Waals surface area contributed by atoms with Crippen LogP contribution in [0, 0.1) is 11.3 Å². The van der Waals surface area contributed by atoms with Crippen LogP contribution in [0.4, 0.5) is 0 Å². The summed E-state index contributed by atoms with van der Waals surface area (Å²) < 4.78 is 0. The van der Waals surface area contributed by atoms with Gasteiger partial charge in [-0.15, -0.1) is 0 Å². The normalized spacial score (nSPS) is 26.6. The minimum Gasteiger partial charge on any atom is -0.342 e. The van der Waals surface area contributed by atoms with E-state index in [0.29, 0.717) is 11.3 Å². The highest BCUT2D eigenvalue weighted by molar-refractivity contribution is 5.76. The molecule has 0 aliphatic carbocycles. The predicted octanol–water partition coefficient (Wildman–Crippen LogP) is 2.80. The van der Waals surface area contributed by atoms with Crippen molar-refractivity contribution in [2.75, 3.05) is 26.2 Å². The quantitative estimate of drug-likeness (QED) is 0.830. The van der Waals surface area contributed by atoms with Crippen molar-refractivity contribution in [3.05, 3.63) is 0 Å². The van der Waals surface area contributed by atoms with Gasteiger partial charge in [-0.3, -0.25) is 4.79 Å². The highest BCUT2D eigenvalue weighted by Crippen LogP contribution is 2.37. The first-order chi connectivity index (χ1) is 9.19. The van der Waals surface area contributed by atoms with Crippen molar-refractivity contribution >= 4 is 5.91 Å². The summed E-state index contributed by atoms with van der Waals surface area (Å²) in [5.74, 6) is 1.12. The van der Waals surface area contributed by atoms with Crippen molar-refractivity contribution in [3.8, 4) is 0 Å². The summed E-state index contributed by atoms with van der Waals surface area (Å²) in [4.78, 5) is 14.4. The van der Waals surface area contributed by atoms with E-state index in [1.165, 1.54) is 32.1 Å². The van der Waals surface area contributed by atoms with Crippen LogP contribution in [0.3, 0.4) is 0 Å². The summed E-state index contributed by atoms with van der Waals surface area (Å²) in [6.45, 7) is 8.80. The maximum atomic E-state index is 12.3. The van der Waals surface area contributed by atoms with Crippen molar-refractivity contribution in [2.24, 2.45) is 11.3 Å². The van der Waals surface area contributed by atoms with Crippen molar-refractivity contribution in [1.29, 1.82) is 0 Å². The molecule has 110 valence electrons. The fourth-order valence-electron chi connectivity index (χ4n) is 3.63. The van der Waals surface area contributed by atoms with E-state index in [9.17, 15) is 4.79 Å². The minimum absolute atomic E-state index is 0.398. The maximum Gasteiger partial charge on any atom is 0.222 e. The molecule has 0 bridgehead atoms. The number of amides is 1. The molecule has 1 N–H and O–H groups in total. The largest absolute Gasteiger partial charge is 0.342 e. The molecule has 0 aromatic rings. The zero-order chi connectivity index (χ0) is 13.7. The summed E-state index contributed by atoms with van der Waals surface area (Å²) in [6.07, 6.45) is 8.03. The van der Waals surface area contributed by atoms with Crippen LogP contribution in [0.2, 0.25) is 0 Å². The molecule has 1 atom stereocenters. The van der Waals surface area contributed by atoms with Gasteiger partial charge in [-0.25, -0.2) is 0 Å². The fourth-order valence-corrected chi connectivity index (χ4v) is 3.63. The monoisotopic (exact) mass is 266 g/mol. The molecule has 0 aromatic carbocycles. The van der Waals surface area contributed by atoms with Crippen LogP contribution in [-0.4, -0.2) is 37.0 Å². The zero-order valence-electron chi connectivity index (χ0n) is 12.7. The Morgan fingerprint density at radius 2 is 2.16 bits per heavy atom. The van der Waals surface area contributed by atoms with E-state index in [2.05, 4.69) is 24.1 Å². The number of nitrogens with zero attached hydrogens (tertiary/aromatic N) is 1. The highest BCUT2D eigenvalue weighted by atomic mass is 16.2. The molecule has 1 unspecified atom stereocenters. The van der Waals surface area contributed by atoms with E-state index in [-0.39, 0.29) is 0 Å². The lowest BCUT2D eigenvalue weighted by molar-refractivity contribution is -0.130. The second kappa shape index (κ2) is 6.74. The molecular weight excluding hydrogens is 236 g/mol. The van der Waals surface area contributed by atoms with Gasteiger partial charge in [-0.05, 0) is 62.9 Å². The van der Waals surface area contributed by atoms with E-state index >= 15 is 0 Å². The van der Waals surface area contributed by atoms with Crippen LogP contribution in [0.15, 0.2) is 0 Å². The Morgan fingerprint density at radius 1 is 1.37 bits per heavy atom. The molecule has 2 saturated heterocycles. The van der Waals surface area contributed by atoms with E-state index in [1.807, 2.05) is 0 Å². The molecule has 1 amide bonds. The number of piperidine rings is 1. The summed E-state index contributed by atoms with van der Waals surface area (Å²) >= 11 is 0. The van der Waals surface area contributed by atoms with Crippen LogP contribution < -0.4 is 5.32 Å². The Balaban J connectivity index is 1.74. The third kappa shape index (κ3) is 3.71. The number of hydrogen-bond donors (Lipinski definition) is 1. The van der Waals surface area contributed by atoms with Gasteiger partial charge in [0.1, 0.15) is 0 Å². The second-order valence-electron chi connectivity index (χ2n) is 6.52. The van der Waals surface area contributed by atoms with Crippen molar-refractivity contribution in [2.45, 2.75) is 58.8 Å². The molecule has 3 heteroatoms. The Hall–Kier alpha value is -0.570. The molecule has 2 rings (SSSR count). The van der Waals surface area contributed by atoms with Crippen LogP contribution in [-0.2, 0) is 4.79 Å². The van der Waals surface area contributed by atoms with Gasteiger partial charge in [0, 0.05) is 19.5 Å². The third-order valence-electron chi connectivity index (χ3n) is 5.46. The first-order valence-corrected chi connectivity index (χ1v) is 8.17. The smallest absolute Gasteiger partial charge is 0.222 e. The first-order valence-electron chi connectivity index (χ1n) is 8.17. The SMILES string of the molecule is CCC1(CC)CCN(C(=O)CCC2CCCNC2)C1. The second-order valence-corrected chi connectivity index (χ2v) is 6.52. The molecule has 2 fully saturated rings. The van der Waals surface area contributed by atoms with Gasteiger partial charge in [0.25, 0.3) is 0 Å². The zero-order valence-corrected chi connectivity index (χ0v) is 12.7. The van der Waals surface area contributed by atoms with E-state index < -0.39 is 0 Å². The van der Waals surface area contributed by atoms with Crippen LogP contribution in [0.5, 0.6) is 0 Å². The number of rotatable bonds is 5. The number of carbonyl (C=O) groups excluding carboxylic acids is 1. The molecule has 2 aliphatic rings. The summed E-state index contributed by atoms with van der Waals surface area (Å²) in [5, 5.41) is 3.43. The average molecular weight is 266 g/mol. The average Bonchev–Trinajstić information content (AvgIpc) is 2.91. The number of hydrogen-bond acceptors (Lipinski definition) is 2. The van der Waals surface area contributed by atoms with Gasteiger partial charge in [0.15, 0.2) is 0 Å². The Kier molecular flexibility index (Phi) is 5.26. The molecule has 3 nitrogen and oxygen atoms in total. The third-order valence-corrected chi connectivity index (χ3v) is 5.46. The molecule has 0 spiro atoms. The lowest BCUT2D eigenvalue weighted by Crippen LogP contribution is -2.33. The van der Waals surface area contributed by atoms with E-state index in [0.717, 1.165) is 44.9 Å². The van der Waals surface area contributed by atoms with Crippen molar-refractivity contribution in [1.82, 2.24) is 10.2 Å². The van der Waals surface area contributed by atoms with E-state index in [1.54, 1.807) is 0 Å². The Morgan fingerprint density at radius 3 is 2.74 bits per heavy atom. The summed E-state index contributed by atoms with van der Waals surface area (Å²) in [6, 6.07) is 0. The molecule has 0 saturated carbocycles. The van der Waals surface area contributed by atoms with Crippen LogP contribution in [0.1, 0.15) is 58.8 Å². The number of nitrogens with one attached hydrogen (secondary N) is 1. The van der Waals surface area contributed by atoms with Gasteiger partial charge >= 0.3 is 0 Å². The minimum atomic E-state index is 0.398. The molecule has 2 aliphatic heterocycles. The molecule has 2 heterocycles. The van der Waals surface area contributed by atoms with Gasteiger partial charge in [0.2, 0.25) is 5.91 Å². The number of carbonyl (C=O) groups is 1. The van der Waals surface area contributed by atoms with Crippen LogP contribution in [0.25, 0.3) is 0 Å². The molecular formula is C16H30N2O. The summed E-state index contributed by atoms with van der Waals surface area (Å²) in [7, 11) is 0. The maximum absolute atomic E-state index is 12.3. The van der Waals surface area contributed by atoms with Gasteiger partial charge in [-0.1, -0.05) is 13.8 Å². The summed E-state index contributed by atoms with van der Waals surface area (Å²) in [5.41, 5.74) is 0.419.